The summed E-state index contributed by atoms with van der Waals surface area (Å²) in [5.74, 6) is 0.341. The van der Waals surface area contributed by atoms with Gasteiger partial charge in [0.15, 0.2) is 0 Å². The van der Waals surface area contributed by atoms with Gasteiger partial charge >= 0.3 is 0 Å². The van der Waals surface area contributed by atoms with E-state index < -0.39 is 10.0 Å². The van der Waals surface area contributed by atoms with Crippen LogP contribution in [0.1, 0.15) is 32.1 Å². The number of hydrogen-bond donors (Lipinski definition) is 2. The van der Waals surface area contributed by atoms with E-state index in [0.717, 1.165) is 25.7 Å². The van der Waals surface area contributed by atoms with Crippen LogP contribution < -0.4 is 10.5 Å². The molecule has 0 saturated heterocycles. The number of halogens is 1. The van der Waals surface area contributed by atoms with E-state index >= 15 is 0 Å². The van der Waals surface area contributed by atoms with Gasteiger partial charge in [0.2, 0.25) is 5.09 Å². The van der Waals surface area contributed by atoms with E-state index in [1.165, 1.54) is 18.8 Å². The molecule has 0 spiro atoms. The first-order valence-corrected chi connectivity index (χ1v) is 7.87. The molecule has 1 aromatic heterocycles. The monoisotopic (exact) mass is 308 g/mol. The number of nitrogens with two attached hydrogens (primary N) is 1. The van der Waals surface area contributed by atoms with Crippen molar-refractivity contribution in [3.05, 3.63) is 18.4 Å². The van der Waals surface area contributed by atoms with Gasteiger partial charge in [-0.25, -0.2) is 13.1 Å². The van der Waals surface area contributed by atoms with Crippen LogP contribution in [0, 0.1) is 5.92 Å². The van der Waals surface area contributed by atoms with Crippen molar-refractivity contribution in [1.29, 1.82) is 0 Å². The molecule has 0 aliphatic heterocycles. The highest BCUT2D eigenvalue weighted by molar-refractivity contribution is 7.89. The van der Waals surface area contributed by atoms with Crippen LogP contribution in [0.5, 0.6) is 0 Å². The fraction of sp³-hybridized carbons (Fsp3) is 0.667. The van der Waals surface area contributed by atoms with Crippen molar-refractivity contribution in [2.75, 3.05) is 6.54 Å². The Morgan fingerprint density at radius 1 is 1.37 bits per heavy atom. The van der Waals surface area contributed by atoms with Gasteiger partial charge < -0.3 is 10.2 Å². The maximum absolute atomic E-state index is 12.0. The zero-order chi connectivity index (χ0) is 13.0. The Hall–Kier alpha value is -0.560. The third kappa shape index (κ3) is 4.21. The van der Waals surface area contributed by atoms with Crippen LogP contribution in [0.2, 0.25) is 0 Å². The molecule has 0 amide bonds. The van der Waals surface area contributed by atoms with E-state index in [4.69, 9.17) is 10.2 Å². The molecule has 0 radical (unpaired) electrons. The van der Waals surface area contributed by atoms with Gasteiger partial charge in [-0.05, 0) is 30.9 Å². The highest BCUT2D eigenvalue weighted by Gasteiger charge is 2.28. The molecule has 110 valence electrons. The number of rotatable bonds is 5. The lowest BCUT2D eigenvalue weighted by atomic mass is 9.84. The van der Waals surface area contributed by atoms with Gasteiger partial charge in [0.05, 0.1) is 6.26 Å². The minimum absolute atomic E-state index is 0. The Morgan fingerprint density at radius 3 is 2.58 bits per heavy atom. The molecule has 0 bridgehead atoms. The lowest BCUT2D eigenvalue weighted by Crippen LogP contribution is -2.45. The molecular formula is C12H21ClN2O3S. The number of furan rings is 1. The summed E-state index contributed by atoms with van der Waals surface area (Å²) in [7, 11) is -3.57. The van der Waals surface area contributed by atoms with Crippen molar-refractivity contribution in [3.8, 4) is 0 Å². The average Bonchev–Trinajstić information content (AvgIpc) is 2.92. The zero-order valence-corrected chi connectivity index (χ0v) is 12.4. The SMILES string of the molecule is Cl.NCC(NS(=O)(=O)c1ccco1)C1CCCCC1. The molecule has 19 heavy (non-hydrogen) atoms. The van der Waals surface area contributed by atoms with Crippen molar-refractivity contribution in [2.45, 2.75) is 43.2 Å². The van der Waals surface area contributed by atoms with Crippen molar-refractivity contribution in [3.63, 3.8) is 0 Å². The van der Waals surface area contributed by atoms with Crippen LogP contribution in [-0.2, 0) is 10.0 Å². The largest absolute Gasteiger partial charge is 0.452 e. The summed E-state index contributed by atoms with van der Waals surface area (Å²) in [6.07, 6.45) is 6.99. The summed E-state index contributed by atoms with van der Waals surface area (Å²) in [4.78, 5) is 0. The first kappa shape index (κ1) is 16.5. The normalized spacial score (nSPS) is 18.8. The van der Waals surface area contributed by atoms with E-state index in [-0.39, 0.29) is 23.5 Å². The average molecular weight is 309 g/mol. The predicted molar refractivity (Wildman–Crippen MR) is 75.7 cm³/mol. The predicted octanol–water partition coefficient (Wildman–Crippen LogP) is 1.89. The van der Waals surface area contributed by atoms with Crippen LogP contribution in [0.4, 0.5) is 0 Å². The molecule has 1 saturated carbocycles. The Bertz CT molecular complexity index is 455. The quantitative estimate of drug-likeness (QED) is 0.870. The van der Waals surface area contributed by atoms with Gasteiger partial charge in [0, 0.05) is 12.6 Å². The first-order valence-electron chi connectivity index (χ1n) is 6.39. The lowest BCUT2D eigenvalue weighted by molar-refractivity contribution is 0.292. The minimum Gasteiger partial charge on any atom is -0.452 e. The van der Waals surface area contributed by atoms with E-state index in [1.54, 1.807) is 6.07 Å². The molecule has 5 nitrogen and oxygen atoms in total. The molecule has 1 aliphatic rings. The second-order valence-corrected chi connectivity index (χ2v) is 6.44. The van der Waals surface area contributed by atoms with Crippen LogP contribution in [0.3, 0.4) is 0 Å². The zero-order valence-electron chi connectivity index (χ0n) is 10.7. The highest BCUT2D eigenvalue weighted by Crippen LogP contribution is 2.27. The molecule has 1 atom stereocenters. The standard InChI is InChI=1S/C12H20N2O3S.ClH/c13-9-11(10-5-2-1-3-6-10)14-18(15,16)12-7-4-8-17-12;/h4,7-8,10-11,14H,1-3,5-6,9,13H2;1H. The van der Waals surface area contributed by atoms with E-state index in [0.29, 0.717) is 12.5 Å². The molecule has 1 unspecified atom stereocenters. The van der Waals surface area contributed by atoms with Gasteiger partial charge in [-0.2, -0.15) is 0 Å². The molecule has 1 heterocycles. The maximum Gasteiger partial charge on any atom is 0.274 e. The van der Waals surface area contributed by atoms with Crippen LogP contribution in [0.25, 0.3) is 0 Å². The van der Waals surface area contributed by atoms with Gasteiger partial charge in [0.1, 0.15) is 0 Å². The molecule has 7 heteroatoms. The molecule has 1 aromatic rings. The Morgan fingerprint density at radius 2 is 2.05 bits per heavy atom. The summed E-state index contributed by atoms with van der Waals surface area (Å²) in [6, 6.07) is 2.81. The van der Waals surface area contributed by atoms with Crippen molar-refractivity contribution >= 4 is 22.4 Å². The Balaban J connectivity index is 0.00000180. The van der Waals surface area contributed by atoms with Gasteiger partial charge in [-0.3, -0.25) is 0 Å². The summed E-state index contributed by atoms with van der Waals surface area (Å²) >= 11 is 0. The lowest BCUT2D eigenvalue weighted by Gasteiger charge is -2.29. The molecule has 0 aromatic carbocycles. The van der Waals surface area contributed by atoms with E-state index in [2.05, 4.69) is 4.72 Å². The summed E-state index contributed by atoms with van der Waals surface area (Å²) in [5.41, 5.74) is 5.71. The maximum atomic E-state index is 12.0. The Kier molecular flexibility index (Phi) is 6.32. The molecule has 3 N–H and O–H groups in total. The molecule has 1 aliphatic carbocycles. The highest BCUT2D eigenvalue weighted by atomic mass is 35.5. The molecule has 1 fully saturated rings. The number of hydrogen-bond acceptors (Lipinski definition) is 4. The molecular weight excluding hydrogens is 288 g/mol. The minimum atomic E-state index is -3.57. The summed E-state index contributed by atoms with van der Waals surface area (Å²) in [5, 5.41) is -0.0447. The van der Waals surface area contributed by atoms with Crippen LogP contribution in [0.15, 0.2) is 27.9 Å². The van der Waals surface area contributed by atoms with Crippen molar-refractivity contribution in [2.24, 2.45) is 11.7 Å². The smallest absolute Gasteiger partial charge is 0.274 e. The number of sulfonamides is 1. The van der Waals surface area contributed by atoms with Gasteiger partial charge in [-0.15, -0.1) is 12.4 Å². The van der Waals surface area contributed by atoms with E-state index in [1.807, 2.05) is 0 Å². The third-order valence-electron chi connectivity index (χ3n) is 3.54. The van der Waals surface area contributed by atoms with Crippen LogP contribution >= 0.6 is 12.4 Å². The second kappa shape index (κ2) is 7.28. The fourth-order valence-corrected chi connectivity index (χ4v) is 3.79. The third-order valence-corrected chi connectivity index (χ3v) is 4.91. The van der Waals surface area contributed by atoms with Crippen molar-refractivity contribution < 1.29 is 12.8 Å². The van der Waals surface area contributed by atoms with E-state index in [9.17, 15) is 8.42 Å². The number of nitrogens with one attached hydrogen (secondary N) is 1. The second-order valence-electron chi connectivity index (χ2n) is 4.79. The molecule has 2 rings (SSSR count). The topological polar surface area (TPSA) is 85.3 Å². The van der Waals surface area contributed by atoms with Crippen molar-refractivity contribution in [1.82, 2.24) is 4.72 Å². The van der Waals surface area contributed by atoms with Crippen LogP contribution in [-0.4, -0.2) is 21.0 Å². The summed E-state index contributed by atoms with van der Waals surface area (Å²) < 4.78 is 31.7. The Labute approximate surface area is 120 Å². The van der Waals surface area contributed by atoms with Gasteiger partial charge in [0.25, 0.3) is 10.0 Å². The first-order chi connectivity index (χ1) is 8.63. The van der Waals surface area contributed by atoms with Gasteiger partial charge in [-0.1, -0.05) is 19.3 Å². The fourth-order valence-electron chi connectivity index (χ4n) is 2.55. The summed E-state index contributed by atoms with van der Waals surface area (Å²) in [6.45, 7) is 0.324.